The van der Waals surface area contributed by atoms with Gasteiger partial charge in [0, 0.05) is 17.5 Å². The zero-order chi connectivity index (χ0) is 25.1. The SMILES string of the molecule is O=C(O)c1cccc(CC2C3CCC(O3)C2c2nc(C(=O)NCCCCc3ccc(Cl)cc3)co2)c1. The topological polar surface area (TPSA) is 102 Å². The molecular formula is C28H29ClN2O5. The number of aryl methyl sites for hydroxylation is 1. The molecule has 0 radical (unpaired) electrons. The lowest BCUT2D eigenvalue weighted by molar-refractivity contribution is 0.0696. The van der Waals surface area contributed by atoms with E-state index in [2.05, 4.69) is 10.3 Å². The largest absolute Gasteiger partial charge is 0.478 e. The smallest absolute Gasteiger partial charge is 0.335 e. The second-order valence-electron chi connectivity index (χ2n) is 9.60. The van der Waals surface area contributed by atoms with Crippen LogP contribution in [-0.2, 0) is 17.6 Å². The average molecular weight is 509 g/mol. The summed E-state index contributed by atoms with van der Waals surface area (Å²) < 4.78 is 12.0. The molecule has 5 rings (SSSR count). The molecule has 7 nitrogen and oxygen atoms in total. The average Bonchev–Trinajstić information content (AvgIpc) is 3.62. The Kier molecular flexibility index (Phi) is 7.39. The van der Waals surface area contributed by atoms with Gasteiger partial charge in [-0.3, -0.25) is 4.79 Å². The van der Waals surface area contributed by atoms with Crippen molar-refractivity contribution in [3.05, 3.63) is 88.1 Å². The van der Waals surface area contributed by atoms with Crippen LogP contribution in [0.2, 0.25) is 5.02 Å². The van der Waals surface area contributed by atoms with Gasteiger partial charge < -0.3 is 19.6 Å². The molecule has 2 fully saturated rings. The standard InChI is InChI=1S/C28H29ClN2O5/c29-20-9-7-17(8-10-20)4-1-2-13-30-26(32)22-16-35-27(31-22)25-21(23-11-12-24(25)36-23)15-18-5-3-6-19(14-18)28(33)34/h3,5-10,14,16,21,23-25H,1-2,4,11-13,15H2,(H,30,32)(H,33,34). The van der Waals surface area contributed by atoms with Crippen LogP contribution in [0.3, 0.4) is 0 Å². The number of aromatic nitrogens is 1. The number of hydrogen-bond acceptors (Lipinski definition) is 5. The quantitative estimate of drug-likeness (QED) is 0.361. The highest BCUT2D eigenvalue weighted by Crippen LogP contribution is 2.49. The van der Waals surface area contributed by atoms with Crippen molar-refractivity contribution < 1.29 is 23.8 Å². The number of oxazole rings is 1. The Morgan fingerprint density at radius 2 is 1.86 bits per heavy atom. The highest BCUT2D eigenvalue weighted by molar-refractivity contribution is 6.30. The first-order valence-corrected chi connectivity index (χ1v) is 12.8. The fourth-order valence-electron chi connectivity index (χ4n) is 5.42. The Morgan fingerprint density at radius 3 is 2.67 bits per heavy atom. The third-order valence-electron chi connectivity index (χ3n) is 7.20. The number of carbonyl (C=O) groups excluding carboxylic acids is 1. The molecule has 1 amide bonds. The summed E-state index contributed by atoms with van der Waals surface area (Å²) in [5.74, 6) is -0.597. The molecule has 4 unspecified atom stereocenters. The number of unbranched alkanes of at least 4 members (excludes halogenated alkanes) is 1. The summed E-state index contributed by atoms with van der Waals surface area (Å²) in [7, 11) is 0. The highest BCUT2D eigenvalue weighted by atomic mass is 35.5. The minimum absolute atomic E-state index is 0.00471. The van der Waals surface area contributed by atoms with Crippen LogP contribution in [0.15, 0.2) is 59.2 Å². The summed E-state index contributed by atoms with van der Waals surface area (Å²) in [5.41, 5.74) is 2.72. The molecule has 2 N–H and O–H groups in total. The van der Waals surface area contributed by atoms with Crippen molar-refractivity contribution in [2.75, 3.05) is 6.54 Å². The molecular weight excluding hydrogens is 480 g/mol. The summed E-state index contributed by atoms with van der Waals surface area (Å²) in [4.78, 5) is 28.5. The Bertz CT molecular complexity index is 1220. The van der Waals surface area contributed by atoms with Crippen LogP contribution in [0.25, 0.3) is 0 Å². The summed E-state index contributed by atoms with van der Waals surface area (Å²) in [6.07, 6.45) is 6.82. The monoisotopic (exact) mass is 508 g/mol. The van der Waals surface area contributed by atoms with Crippen molar-refractivity contribution in [3.63, 3.8) is 0 Å². The summed E-state index contributed by atoms with van der Waals surface area (Å²) in [5, 5.41) is 13.0. The molecule has 8 heteroatoms. The van der Waals surface area contributed by atoms with Gasteiger partial charge in [-0.2, -0.15) is 0 Å². The van der Waals surface area contributed by atoms with Gasteiger partial charge >= 0.3 is 5.97 Å². The first-order chi connectivity index (χ1) is 17.5. The number of rotatable bonds is 10. The third kappa shape index (κ3) is 5.47. The zero-order valence-corrected chi connectivity index (χ0v) is 20.6. The summed E-state index contributed by atoms with van der Waals surface area (Å²) in [6, 6.07) is 14.8. The first-order valence-electron chi connectivity index (χ1n) is 12.4. The van der Waals surface area contributed by atoms with E-state index in [1.807, 2.05) is 30.3 Å². The van der Waals surface area contributed by atoms with E-state index >= 15 is 0 Å². The molecule has 1 aromatic heterocycles. The number of carboxylic acids is 1. The normalized spacial score (nSPS) is 22.6. The van der Waals surface area contributed by atoms with Crippen LogP contribution >= 0.6 is 11.6 Å². The molecule has 3 aromatic rings. The molecule has 188 valence electrons. The van der Waals surface area contributed by atoms with Gasteiger partial charge in [-0.05, 0) is 73.9 Å². The number of nitrogens with zero attached hydrogens (tertiary/aromatic N) is 1. The Hall–Kier alpha value is -3.16. The number of halogens is 1. The second kappa shape index (κ2) is 10.8. The van der Waals surface area contributed by atoms with Gasteiger partial charge in [0.2, 0.25) is 5.89 Å². The molecule has 0 spiro atoms. The molecule has 3 heterocycles. The maximum Gasteiger partial charge on any atom is 0.335 e. The Labute approximate surface area is 214 Å². The van der Waals surface area contributed by atoms with Crippen molar-refractivity contribution in [1.29, 1.82) is 0 Å². The van der Waals surface area contributed by atoms with E-state index in [-0.39, 0.29) is 41.2 Å². The van der Waals surface area contributed by atoms with Crippen LogP contribution in [0.1, 0.15) is 69.5 Å². The number of ether oxygens (including phenoxy) is 1. The number of aromatic carboxylic acids is 1. The van der Waals surface area contributed by atoms with Crippen LogP contribution in [0, 0.1) is 5.92 Å². The number of benzene rings is 2. The molecule has 2 aromatic carbocycles. The Morgan fingerprint density at radius 1 is 1.06 bits per heavy atom. The van der Waals surface area contributed by atoms with Gasteiger partial charge in [0.1, 0.15) is 6.26 Å². The highest BCUT2D eigenvalue weighted by Gasteiger charge is 2.51. The number of nitrogens with one attached hydrogen (secondary N) is 1. The van der Waals surface area contributed by atoms with Gasteiger partial charge in [0.25, 0.3) is 5.91 Å². The van der Waals surface area contributed by atoms with E-state index in [0.29, 0.717) is 18.9 Å². The van der Waals surface area contributed by atoms with E-state index < -0.39 is 5.97 Å². The van der Waals surface area contributed by atoms with Crippen molar-refractivity contribution >= 4 is 23.5 Å². The first kappa shape index (κ1) is 24.5. The number of fused-ring (bicyclic) bond motifs is 2. The lowest BCUT2D eigenvalue weighted by atomic mass is 9.76. The maximum absolute atomic E-state index is 12.6. The minimum atomic E-state index is -0.939. The summed E-state index contributed by atoms with van der Waals surface area (Å²) in [6.45, 7) is 0.564. The van der Waals surface area contributed by atoms with Gasteiger partial charge in [0.05, 0.1) is 23.7 Å². The predicted octanol–water partition coefficient (Wildman–Crippen LogP) is 5.28. The van der Waals surface area contributed by atoms with E-state index in [4.69, 9.17) is 20.8 Å². The van der Waals surface area contributed by atoms with Gasteiger partial charge in [0.15, 0.2) is 5.69 Å². The second-order valence-corrected chi connectivity index (χ2v) is 10.0. The number of hydrogen-bond donors (Lipinski definition) is 2. The van der Waals surface area contributed by atoms with Crippen LogP contribution < -0.4 is 5.32 Å². The van der Waals surface area contributed by atoms with E-state index in [9.17, 15) is 14.7 Å². The molecule has 4 atom stereocenters. The van der Waals surface area contributed by atoms with Crippen molar-refractivity contribution in [3.8, 4) is 0 Å². The fourth-order valence-corrected chi connectivity index (χ4v) is 5.55. The van der Waals surface area contributed by atoms with Gasteiger partial charge in [-0.1, -0.05) is 35.9 Å². The third-order valence-corrected chi connectivity index (χ3v) is 7.45. The molecule has 2 bridgehead atoms. The molecule has 2 saturated heterocycles. The van der Waals surface area contributed by atoms with Crippen LogP contribution in [0.4, 0.5) is 0 Å². The summed E-state index contributed by atoms with van der Waals surface area (Å²) >= 11 is 5.92. The fraction of sp³-hybridized carbons (Fsp3) is 0.393. The molecule has 2 aliphatic rings. The minimum Gasteiger partial charge on any atom is -0.478 e. The van der Waals surface area contributed by atoms with E-state index in [0.717, 1.165) is 42.7 Å². The zero-order valence-electron chi connectivity index (χ0n) is 19.9. The van der Waals surface area contributed by atoms with Crippen molar-refractivity contribution in [1.82, 2.24) is 10.3 Å². The molecule has 0 aliphatic carbocycles. The molecule has 0 saturated carbocycles. The number of carboxylic acid groups (broad SMARTS) is 1. The Balaban J connectivity index is 1.17. The van der Waals surface area contributed by atoms with E-state index in [1.165, 1.54) is 11.8 Å². The molecule has 36 heavy (non-hydrogen) atoms. The van der Waals surface area contributed by atoms with Crippen LogP contribution in [-0.4, -0.2) is 40.7 Å². The van der Waals surface area contributed by atoms with Gasteiger partial charge in [-0.25, -0.2) is 9.78 Å². The van der Waals surface area contributed by atoms with Gasteiger partial charge in [-0.15, -0.1) is 0 Å². The van der Waals surface area contributed by atoms with Crippen molar-refractivity contribution in [2.24, 2.45) is 5.92 Å². The lowest BCUT2D eigenvalue weighted by Gasteiger charge is -2.25. The number of carbonyl (C=O) groups is 2. The van der Waals surface area contributed by atoms with E-state index in [1.54, 1.807) is 18.2 Å². The van der Waals surface area contributed by atoms with Crippen LogP contribution in [0.5, 0.6) is 0 Å². The molecule has 2 aliphatic heterocycles. The maximum atomic E-state index is 12.6. The van der Waals surface area contributed by atoms with Crippen molar-refractivity contribution in [2.45, 2.75) is 56.7 Å². The predicted molar refractivity (Wildman–Crippen MR) is 134 cm³/mol. The lowest BCUT2D eigenvalue weighted by Crippen LogP contribution is -2.28. The number of amides is 1.